The van der Waals surface area contributed by atoms with Crippen molar-refractivity contribution >= 4 is 5.91 Å². The van der Waals surface area contributed by atoms with Gasteiger partial charge in [0.2, 0.25) is 5.91 Å². The maximum absolute atomic E-state index is 14.0. The minimum atomic E-state index is -0.849. The van der Waals surface area contributed by atoms with Crippen molar-refractivity contribution in [2.75, 3.05) is 0 Å². The Labute approximate surface area is 105 Å². The normalized spacial score (nSPS) is 17.6. The summed E-state index contributed by atoms with van der Waals surface area (Å²) in [4.78, 5) is 11.4. The Balaban J connectivity index is 2.54. The van der Waals surface area contributed by atoms with Gasteiger partial charge in [-0.3, -0.25) is 4.79 Å². The maximum Gasteiger partial charge on any atom is 0.228 e. The quantitative estimate of drug-likeness (QED) is 0.865. The van der Waals surface area contributed by atoms with E-state index in [9.17, 15) is 13.6 Å². The number of halogens is 2. The summed E-state index contributed by atoms with van der Waals surface area (Å²) in [6, 6.07) is 2.50. The van der Waals surface area contributed by atoms with E-state index >= 15 is 0 Å². The van der Waals surface area contributed by atoms with Gasteiger partial charge in [-0.1, -0.05) is 20.8 Å². The molecule has 0 saturated heterocycles. The second kappa shape index (κ2) is 3.77. The van der Waals surface area contributed by atoms with Crippen LogP contribution < -0.4 is 5.73 Å². The van der Waals surface area contributed by atoms with Crippen molar-refractivity contribution < 1.29 is 13.6 Å². The minimum absolute atomic E-state index is 0.0477. The predicted octanol–water partition coefficient (Wildman–Crippen LogP) is 2.78. The van der Waals surface area contributed by atoms with E-state index in [1.54, 1.807) is 20.8 Å². The number of rotatable bonds is 2. The third-order valence-electron chi connectivity index (χ3n) is 3.57. The molecule has 0 bridgehead atoms. The zero-order chi connectivity index (χ0) is 13.7. The molecule has 1 aromatic carbocycles. The number of carbonyl (C=O) groups excluding carboxylic acids is 1. The summed E-state index contributed by atoms with van der Waals surface area (Å²) in [7, 11) is 0. The first kappa shape index (κ1) is 13.0. The highest BCUT2D eigenvalue weighted by Crippen LogP contribution is 2.48. The fraction of sp³-hybridized carbons (Fsp3) is 0.500. The second-order valence-electron chi connectivity index (χ2n) is 6.01. The Bertz CT molecular complexity index is 490. The summed E-state index contributed by atoms with van der Waals surface area (Å²) in [5.41, 5.74) is 4.25. The van der Waals surface area contributed by atoms with E-state index < -0.39 is 28.4 Å². The number of hydrogen-bond donors (Lipinski definition) is 1. The summed E-state index contributed by atoms with van der Waals surface area (Å²) in [5.74, 6) is -1.72. The van der Waals surface area contributed by atoms with Crippen LogP contribution >= 0.6 is 0 Å². The molecule has 1 amide bonds. The van der Waals surface area contributed by atoms with Gasteiger partial charge in [-0.05, 0) is 36.0 Å². The average molecular weight is 253 g/mol. The van der Waals surface area contributed by atoms with Crippen LogP contribution in [0.3, 0.4) is 0 Å². The van der Waals surface area contributed by atoms with Crippen LogP contribution in [0.1, 0.15) is 44.7 Å². The molecule has 1 aliphatic rings. The number of benzene rings is 1. The van der Waals surface area contributed by atoms with E-state index in [0.717, 1.165) is 0 Å². The van der Waals surface area contributed by atoms with Crippen molar-refractivity contribution in [3.63, 3.8) is 0 Å². The van der Waals surface area contributed by atoms with Gasteiger partial charge in [0.05, 0.1) is 5.41 Å². The van der Waals surface area contributed by atoms with E-state index in [1.165, 1.54) is 12.1 Å². The Hall–Kier alpha value is -1.45. The molecular formula is C14H17F2NO. The van der Waals surface area contributed by atoms with Gasteiger partial charge in [-0.25, -0.2) is 8.78 Å². The van der Waals surface area contributed by atoms with Crippen molar-refractivity contribution in [2.45, 2.75) is 44.4 Å². The molecule has 18 heavy (non-hydrogen) atoms. The van der Waals surface area contributed by atoms with Crippen molar-refractivity contribution in [3.8, 4) is 0 Å². The van der Waals surface area contributed by atoms with Gasteiger partial charge >= 0.3 is 0 Å². The Kier molecular flexibility index (Phi) is 2.72. The highest BCUT2D eigenvalue weighted by atomic mass is 19.1. The van der Waals surface area contributed by atoms with E-state index in [-0.39, 0.29) is 5.56 Å². The summed E-state index contributed by atoms with van der Waals surface area (Å²) < 4.78 is 28.1. The molecule has 1 fully saturated rings. The van der Waals surface area contributed by atoms with E-state index in [2.05, 4.69) is 0 Å². The molecule has 2 N–H and O–H groups in total. The number of hydrogen-bond acceptors (Lipinski definition) is 1. The second-order valence-corrected chi connectivity index (χ2v) is 6.01. The van der Waals surface area contributed by atoms with Gasteiger partial charge in [0.15, 0.2) is 0 Å². The molecule has 0 radical (unpaired) electrons. The largest absolute Gasteiger partial charge is 0.369 e. The molecule has 0 atom stereocenters. The summed E-state index contributed by atoms with van der Waals surface area (Å²) >= 11 is 0. The number of primary amides is 1. The number of nitrogens with two attached hydrogens (primary N) is 1. The molecule has 0 unspecified atom stereocenters. The summed E-state index contributed by atoms with van der Waals surface area (Å²) in [6.07, 6.45) is 1.13. The first-order valence-electron chi connectivity index (χ1n) is 5.98. The van der Waals surface area contributed by atoms with Crippen molar-refractivity contribution in [1.29, 1.82) is 0 Å². The standard InChI is InChI=1S/C14H17F2NO/c1-13(2,3)11-9(15)6-8(7-10(11)16)14(4-5-14)12(17)18/h6-7H,4-5H2,1-3H3,(H2,17,18). The highest BCUT2D eigenvalue weighted by Gasteiger charge is 2.50. The summed E-state index contributed by atoms with van der Waals surface area (Å²) in [5, 5.41) is 0. The van der Waals surface area contributed by atoms with E-state index in [1.807, 2.05) is 0 Å². The molecule has 98 valence electrons. The molecular weight excluding hydrogens is 236 g/mol. The van der Waals surface area contributed by atoms with Crippen molar-refractivity contribution in [3.05, 3.63) is 34.9 Å². The van der Waals surface area contributed by atoms with Crippen LogP contribution in [0.25, 0.3) is 0 Å². The van der Waals surface area contributed by atoms with E-state index in [4.69, 9.17) is 5.73 Å². The Morgan fingerprint density at radius 2 is 1.67 bits per heavy atom. The minimum Gasteiger partial charge on any atom is -0.369 e. The smallest absolute Gasteiger partial charge is 0.228 e. The van der Waals surface area contributed by atoms with E-state index in [0.29, 0.717) is 18.4 Å². The van der Waals surface area contributed by atoms with Crippen LogP contribution in [0.5, 0.6) is 0 Å². The third-order valence-corrected chi connectivity index (χ3v) is 3.57. The van der Waals surface area contributed by atoms with Crippen LogP contribution in [0.2, 0.25) is 0 Å². The van der Waals surface area contributed by atoms with Gasteiger partial charge in [-0.2, -0.15) is 0 Å². The molecule has 4 heteroatoms. The lowest BCUT2D eigenvalue weighted by molar-refractivity contribution is -0.120. The van der Waals surface area contributed by atoms with Crippen LogP contribution in [-0.4, -0.2) is 5.91 Å². The van der Waals surface area contributed by atoms with Crippen LogP contribution in [0.4, 0.5) is 8.78 Å². The topological polar surface area (TPSA) is 43.1 Å². The number of amides is 1. The lowest BCUT2D eigenvalue weighted by atomic mass is 9.83. The fourth-order valence-electron chi connectivity index (χ4n) is 2.37. The monoisotopic (exact) mass is 253 g/mol. The third kappa shape index (κ3) is 1.89. The zero-order valence-electron chi connectivity index (χ0n) is 10.8. The predicted molar refractivity (Wildman–Crippen MR) is 65.2 cm³/mol. The molecule has 1 aliphatic carbocycles. The molecule has 2 rings (SSSR count). The van der Waals surface area contributed by atoms with Gasteiger partial charge in [0, 0.05) is 5.56 Å². The molecule has 0 spiro atoms. The van der Waals surface area contributed by atoms with Gasteiger partial charge in [0.1, 0.15) is 11.6 Å². The van der Waals surface area contributed by atoms with Gasteiger partial charge in [-0.15, -0.1) is 0 Å². The zero-order valence-corrected chi connectivity index (χ0v) is 10.8. The van der Waals surface area contributed by atoms with Crippen LogP contribution in [0.15, 0.2) is 12.1 Å². The lowest BCUT2D eigenvalue weighted by Crippen LogP contribution is -2.29. The molecule has 1 saturated carbocycles. The van der Waals surface area contributed by atoms with Crippen LogP contribution in [0, 0.1) is 11.6 Å². The Morgan fingerprint density at radius 3 is 1.94 bits per heavy atom. The van der Waals surface area contributed by atoms with Crippen molar-refractivity contribution in [1.82, 2.24) is 0 Å². The highest BCUT2D eigenvalue weighted by molar-refractivity contribution is 5.89. The molecule has 0 heterocycles. The SMILES string of the molecule is CC(C)(C)c1c(F)cc(C2(C(N)=O)CC2)cc1F. The first-order valence-corrected chi connectivity index (χ1v) is 5.98. The molecule has 2 nitrogen and oxygen atoms in total. The van der Waals surface area contributed by atoms with Crippen molar-refractivity contribution in [2.24, 2.45) is 5.73 Å². The Morgan fingerprint density at radius 1 is 1.22 bits per heavy atom. The first-order chi connectivity index (χ1) is 8.18. The van der Waals surface area contributed by atoms with Gasteiger partial charge in [0.25, 0.3) is 0 Å². The summed E-state index contributed by atoms with van der Waals surface area (Å²) in [6.45, 7) is 5.24. The molecule has 0 aromatic heterocycles. The fourth-order valence-corrected chi connectivity index (χ4v) is 2.37. The molecule has 0 aliphatic heterocycles. The lowest BCUT2D eigenvalue weighted by Gasteiger charge is -2.22. The maximum atomic E-state index is 14.0. The average Bonchev–Trinajstić information content (AvgIpc) is 2.93. The number of carbonyl (C=O) groups is 1. The van der Waals surface area contributed by atoms with Crippen LogP contribution in [-0.2, 0) is 15.6 Å². The van der Waals surface area contributed by atoms with Gasteiger partial charge < -0.3 is 5.73 Å². The molecule has 1 aromatic rings.